The number of sulfonamides is 1. The van der Waals surface area contributed by atoms with Crippen LogP contribution in [-0.4, -0.2) is 26.8 Å². The lowest BCUT2D eigenvalue weighted by molar-refractivity contribution is 0.449. The van der Waals surface area contributed by atoms with E-state index in [-0.39, 0.29) is 18.3 Å². The number of hydrogen-bond acceptors (Lipinski definition) is 3. The van der Waals surface area contributed by atoms with E-state index in [1.807, 2.05) is 18.6 Å². The number of anilines is 1. The monoisotopic (exact) mass is 296 g/mol. The van der Waals surface area contributed by atoms with Crippen LogP contribution in [0.2, 0.25) is 0 Å². The molecule has 19 heavy (non-hydrogen) atoms. The normalized spacial score (nSPS) is 11.9. The van der Waals surface area contributed by atoms with Crippen molar-refractivity contribution in [2.75, 3.05) is 17.0 Å². The molecule has 1 aromatic rings. The molecule has 0 atom stereocenters. The molecule has 1 aromatic carbocycles. The summed E-state index contributed by atoms with van der Waals surface area (Å²) in [6, 6.07) is 1.60. The molecule has 0 amide bonds. The van der Waals surface area contributed by atoms with Crippen LogP contribution in [-0.2, 0) is 10.0 Å². The molecule has 0 aliphatic rings. The smallest absolute Gasteiger partial charge is 0.234 e. The molecule has 0 bridgehead atoms. The highest BCUT2D eigenvalue weighted by molar-refractivity contribution is 7.92. The van der Waals surface area contributed by atoms with Crippen molar-refractivity contribution in [3.63, 3.8) is 0 Å². The fourth-order valence-electron chi connectivity index (χ4n) is 1.31. The van der Waals surface area contributed by atoms with Gasteiger partial charge < -0.3 is 5.32 Å². The van der Waals surface area contributed by atoms with Crippen LogP contribution in [0.25, 0.3) is 0 Å². The molecular weight excluding hydrogens is 281 g/mol. The van der Waals surface area contributed by atoms with E-state index in [2.05, 4.69) is 5.32 Å². The molecule has 4 nitrogen and oxygen atoms in total. The zero-order valence-electron chi connectivity index (χ0n) is 10.5. The van der Waals surface area contributed by atoms with E-state index in [1.54, 1.807) is 0 Å². The van der Waals surface area contributed by atoms with Crippen molar-refractivity contribution in [3.8, 4) is 0 Å². The lowest BCUT2D eigenvalue weighted by Gasteiger charge is -2.11. The van der Waals surface area contributed by atoms with Gasteiger partial charge in [-0.25, -0.2) is 21.6 Å². The second-order valence-electron chi connectivity index (χ2n) is 4.25. The molecular formula is C11H15F3N2O2S. The minimum atomic E-state index is -3.82. The van der Waals surface area contributed by atoms with E-state index in [0.717, 1.165) is 6.07 Å². The molecule has 0 aliphatic carbocycles. The minimum Gasteiger partial charge on any atom is -0.313 e. The fourth-order valence-corrected chi connectivity index (χ4v) is 2.29. The predicted octanol–water partition coefficient (Wildman–Crippen LogP) is 1.84. The third-order valence-corrected chi connectivity index (χ3v) is 3.50. The van der Waals surface area contributed by atoms with Gasteiger partial charge in [-0.1, -0.05) is 13.8 Å². The Morgan fingerprint density at radius 1 is 1.16 bits per heavy atom. The Morgan fingerprint density at radius 2 is 1.79 bits per heavy atom. The molecule has 1 rings (SSSR count). The van der Waals surface area contributed by atoms with Crippen molar-refractivity contribution in [2.45, 2.75) is 19.9 Å². The van der Waals surface area contributed by atoms with Crippen molar-refractivity contribution >= 4 is 15.7 Å². The van der Waals surface area contributed by atoms with Crippen LogP contribution in [0.5, 0.6) is 0 Å². The Hall–Kier alpha value is -1.28. The van der Waals surface area contributed by atoms with Gasteiger partial charge in [-0.15, -0.1) is 0 Å². The van der Waals surface area contributed by atoms with E-state index in [0.29, 0.717) is 6.07 Å². The topological polar surface area (TPSA) is 58.2 Å². The maximum Gasteiger partial charge on any atom is 0.234 e. The molecule has 0 aromatic heterocycles. The molecule has 0 saturated carbocycles. The van der Waals surface area contributed by atoms with Gasteiger partial charge in [0.1, 0.15) is 0 Å². The van der Waals surface area contributed by atoms with Crippen LogP contribution in [0.15, 0.2) is 12.1 Å². The summed E-state index contributed by atoms with van der Waals surface area (Å²) in [5.41, 5.74) is -0.608. The summed E-state index contributed by atoms with van der Waals surface area (Å²) in [5, 5.41) is 2.88. The predicted molar refractivity (Wildman–Crippen MR) is 66.9 cm³/mol. The maximum absolute atomic E-state index is 13.3. The van der Waals surface area contributed by atoms with Crippen LogP contribution < -0.4 is 10.0 Å². The Bertz CT molecular complexity index is 547. The van der Waals surface area contributed by atoms with Gasteiger partial charge in [0, 0.05) is 12.6 Å². The van der Waals surface area contributed by atoms with E-state index in [9.17, 15) is 21.6 Å². The Labute approximate surface area is 110 Å². The van der Waals surface area contributed by atoms with E-state index in [1.165, 1.54) is 0 Å². The number of benzene rings is 1. The Balaban J connectivity index is 2.76. The summed E-state index contributed by atoms with van der Waals surface area (Å²) >= 11 is 0. The summed E-state index contributed by atoms with van der Waals surface area (Å²) in [6.07, 6.45) is 0. The van der Waals surface area contributed by atoms with Gasteiger partial charge in [0.15, 0.2) is 17.5 Å². The van der Waals surface area contributed by atoms with Gasteiger partial charge >= 0.3 is 0 Å². The second-order valence-corrected chi connectivity index (χ2v) is 6.09. The van der Waals surface area contributed by atoms with Crippen LogP contribution >= 0.6 is 0 Å². The first kappa shape index (κ1) is 15.8. The van der Waals surface area contributed by atoms with Crippen LogP contribution in [0.1, 0.15) is 13.8 Å². The summed E-state index contributed by atoms with van der Waals surface area (Å²) in [4.78, 5) is 0. The van der Waals surface area contributed by atoms with Crippen molar-refractivity contribution in [3.05, 3.63) is 29.6 Å². The highest BCUT2D eigenvalue weighted by Gasteiger charge is 2.18. The molecule has 0 heterocycles. The van der Waals surface area contributed by atoms with Crippen molar-refractivity contribution in [2.24, 2.45) is 0 Å². The maximum atomic E-state index is 13.3. The zero-order chi connectivity index (χ0) is 14.6. The van der Waals surface area contributed by atoms with Gasteiger partial charge in [0.05, 0.1) is 11.4 Å². The summed E-state index contributed by atoms with van der Waals surface area (Å²) in [7, 11) is -3.82. The molecule has 0 aliphatic heterocycles. The Kier molecular flexibility index (Phi) is 5.19. The summed E-state index contributed by atoms with van der Waals surface area (Å²) in [5.74, 6) is -4.94. The lowest BCUT2D eigenvalue weighted by atomic mass is 10.3. The van der Waals surface area contributed by atoms with Crippen molar-refractivity contribution in [1.29, 1.82) is 0 Å². The van der Waals surface area contributed by atoms with E-state index >= 15 is 0 Å². The van der Waals surface area contributed by atoms with Crippen LogP contribution in [0.4, 0.5) is 18.9 Å². The first-order valence-corrected chi connectivity index (χ1v) is 7.25. The molecule has 0 fully saturated rings. The van der Waals surface area contributed by atoms with Gasteiger partial charge in [0.25, 0.3) is 0 Å². The fraction of sp³-hybridized carbons (Fsp3) is 0.455. The first-order valence-electron chi connectivity index (χ1n) is 5.60. The van der Waals surface area contributed by atoms with E-state index < -0.39 is 33.2 Å². The minimum absolute atomic E-state index is 0.107. The SMILES string of the molecule is CC(C)NCCS(=O)(=O)Nc1ccc(F)c(F)c1F. The second kappa shape index (κ2) is 6.25. The highest BCUT2D eigenvalue weighted by Crippen LogP contribution is 2.20. The van der Waals surface area contributed by atoms with Gasteiger partial charge in [0.2, 0.25) is 10.0 Å². The first-order chi connectivity index (χ1) is 8.73. The number of halogens is 3. The van der Waals surface area contributed by atoms with Crippen LogP contribution in [0, 0.1) is 17.5 Å². The van der Waals surface area contributed by atoms with Crippen LogP contribution in [0.3, 0.4) is 0 Å². The van der Waals surface area contributed by atoms with Crippen molar-refractivity contribution < 1.29 is 21.6 Å². The van der Waals surface area contributed by atoms with Gasteiger partial charge in [-0.3, -0.25) is 4.72 Å². The molecule has 108 valence electrons. The number of rotatable bonds is 6. The summed E-state index contributed by atoms with van der Waals surface area (Å²) in [6.45, 7) is 3.85. The number of nitrogens with one attached hydrogen (secondary N) is 2. The number of hydrogen-bond donors (Lipinski definition) is 2. The molecule has 2 N–H and O–H groups in total. The lowest BCUT2D eigenvalue weighted by Crippen LogP contribution is -2.31. The average molecular weight is 296 g/mol. The third-order valence-electron chi connectivity index (χ3n) is 2.22. The average Bonchev–Trinajstić information content (AvgIpc) is 2.29. The summed E-state index contributed by atoms with van der Waals surface area (Å²) < 4.78 is 64.0. The molecule has 8 heteroatoms. The standard InChI is InChI=1S/C11H15F3N2O2S/c1-7(2)15-5-6-19(17,18)16-9-4-3-8(12)10(13)11(9)14/h3-4,7,15-16H,5-6H2,1-2H3. The van der Waals surface area contributed by atoms with Crippen molar-refractivity contribution in [1.82, 2.24) is 5.32 Å². The largest absolute Gasteiger partial charge is 0.313 e. The third kappa shape index (κ3) is 4.71. The zero-order valence-corrected chi connectivity index (χ0v) is 11.3. The molecule has 0 unspecified atom stereocenters. The molecule has 0 spiro atoms. The highest BCUT2D eigenvalue weighted by atomic mass is 32.2. The van der Waals surface area contributed by atoms with E-state index in [4.69, 9.17) is 0 Å². The quantitative estimate of drug-likeness (QED) is 0.788. The molecule has 0 saturated heterocycles. The van der Waals surface area contributed by atoms with Gasteiger partial charge in [-0.05, 0) is 12.1 Å². The Morgan fingerprint density at radius 3 is 2.37 bits per heavy atom. The van der Waals surface area contributed by atoms with Gasteiger partial charge in [-0.2, -0.15) is 0 Å². The molecule has 0 radical (unpaired) electrons.